The largest absolute Gasteiger partial charge is 0.350 e. The van der Waals surface area contributed by atoms with Gasteiger partial charge in [0.05, 0.1) is 26.4 Å². The molecule has 7 nitrogen and oxygen atoms in total. The van der Waals surface area contributed by atoms with E-state index in [4.69, 9.17) is 36.1 Å². The Labute approximate surface area is 174 Å². The summed E-state index contributed by atoms with van der Waals surface area (Å²) in [7, 11) is 0. The molecular weight excluding hydrogens is 358 g/mol. The molecular formula is C21H49N3O4. The lowest BCUT2D eigenvalue weighted by Gasteiger charge is -2.28. The van der Waals surface area contributed by atoms with Crippen molar-refractivity contribution in [3.05, 3.63) is 0 Å². The fraction of sp³-hybridized carbons (Fsp3) is 1.00. The fourth-order valence-electron chi connectivity index (χ4n) is 1.63. The average molecular weight is 408 g/mol. The third-order valence-corrected chi connectivity index (χ3v) is 3.80. The lowest BCUT2D eigenvalue weighted by molar-refractivity contribution is -0.219. The molecule has 3 atom stereocenters. The van der Waals surface area contributed by atoms with Crippen molar-refractivity contribution in [2.24, 2.45) is 23.1 Å². The van der Waals surface area contributed by atoms with Crippen molar-refractivity contribution in [1.29, 1.82) is 0 Å². The molecule has 3 unspecified atom stereocenters. The number of rotatable bonds is 14. The van der Waals surface area contributed by atoms with E-state index in [1.807, 2.05) is 48.5 Å². The molecule has 0 bridgehead atoms. The van der Waals surface area contributed by atoms with Gasteiger partial charge >= 0.3 is 0 Å². The van der Waals surface area contributed by atoms with Crippen LogP contribution in [-0.2, 0) is 18.9 Å². The smallest absolute Gasteiger partial charge is 0.162 e. The Kier molecular flexibility index (Phi) is 16.6. The van der Waals surface area contributed by atoms with E-state index in [1.165, 1.54) is 0 Å². The zero-order valence-corrected chi connectivity index (χ0v) is 19.9. The van der Waals surface area contributed by atoms with Crippen molar-refractivity contribution in [2.45, 2.75) is 105 Å². The summed E-state index contributed by atoms with van der Waals surface area (Å²) in [6.45, 7) is 20.1. The highest BCUT2D eigenvalue weighted by Crippen LogP contribution is 2.13. The second kappa shape index (κ2) is 15.5. The van der Waals surface area contributed by atoms with Crippen molar-refractivity contribution < 1.29 is 18.9 Å². The van der Waals surface area contributed by atoms with Crippen LogP contribution in [-0.4, -0.2) is 56.1 Å². The first-order valence-electron chi connectivity index (χ1n) is 10.6. The van der Waals surface area contributed by atoms with Gasteiger partial charge in [0.25, 0.3) is 0 Å². The van der Waals surface area contributed by atoms with Gasteiger partial charge in [-0.3, -0.25) is 0 Å². The minimum Gasteiger partial charge on any atom is -0.350 e. The first-order valence-corrected chi connectivity index (χ1v) is 10.6. The molecule has 0 rings (SSSR count). The van der Waals surface area contributed by atoms with Gasteiger partial charge in [-0.05, 0) is 53.4 Å². The highest BCUT2D eigenvalue weighted by molar-refractivity contribution is 4.63. The highest BCUT2D eigenvalue weighted by atomic mass is 16.7. The van der Waals surface area contributed by atoms with Crippen LogP contribution in [0.2, 0.25) is 0 Å². The normalized spacial score (nSPS) is 15.8. The lowest BCUT2D eigenvalue weighted by atomic mass is 10.2. The predicted molar refractivity (Wildman–Crippen MR) is 117 cm³/mol. The van der Waals surface area contributed by atoms with Crippen LogP contribution in [0.5, 0.6) is 0 Å². The molecule has 0 aliphatic heterocycles. The van der Waals surface area contributed by atoms with E-state index in [9.17, 15) is 0 Å². The molecule has 0 spiro atoms. The fourth-order valence-corrected chi connectivity index (χ4v) is 1.63. The Morgan fingerprint density at radius 3 is 1.21 bits per heavy atom. The summed E-state index contributed by atoms with van der Waals surface area (Å²) < 4.78 is 22.2. The molecule has 28 heavy (non-hydrogen) atoms. The number of hydrogen-bond acceptors (Lipinski definition) is 7. The van der Waals surface area contributed by atoms with Crippen molar-refractivity contribution in [2.75, 3.05) is 26.4 Å². The molecule has 0 heterocycles. The molecule has 0 amide bonds. The quantitative estimate of drug-likeness (QED) is 0.379. The molecule has 7 heteroatoms. The number of hydrogen-bond donors (Lipinski definition) is 3. The van der Waals surface area contributed by atoms with E-state index in [1.54, 1.807) is 0 Å². The maximum Gasteiger partial charge on any atom is 0.162 e. The van der Waals surface area contributed by atoms with Crippen LogP contribution in [0.25, 0.3) is 0 Å². The van der Waals surface area contributed by atoms with E-state index in [0.717, 1.165) is 12.8 Å². The van der Waals surface area contributed by atoms with E-state index < -0.39 is 11.6 Å². The standard InChI is InChI=1S/C11H26N2O2.C10H23NO2/c1-5-9(12)7-14-11(3,4)15-8-10(13)6-2;1-8(2)6-12-10(4,5)13-7-9(3)11/h9-10H,5-8,12-13H2,1-4H3;8-9H,6-7,11H2,1-5H3. The summed E-state index contributed by atoms with van der Waals surface area (Å²) in [4.78, 5) is 0. The zero-order chi connectivity index (χ0) is 22.4. The molecule has 0 fully saturated rings. The molecule has 0 aliphatic rings. The second-order valence-electron chi connectivity index (χ2n) is 8.75. The maximum atomic E-state index is 5.76. The van der Waals surface area contributed by atoms with Crippen LogP contribution in [0.3, 0.4) is 0 Å². The van der Waals surface area contributed by atoms with Gasteiger partial charge in [0.15, 0.2) is 11.6 Å². The Morgan fingerprint density at radius 1 is 0.607 bits per heavy atom. The van der Waals surface area contributed by atoms with Crippen LogP contribution >= 0.6 is 0 Å². The Hall–Kier alpha value is -0.280. The Bertz CT molecular complexity index is 334. The molecule has 0 saturated heterocycles. The van der Waals surface area contributed by atoms with Crippen LogP contribution in [0.1, 0.15) is 75.2 Å². The molecule has 0 saturated carbocycles. The Morgan fingerprint density at radius 2 is 0.929 bits per heavy atom. The molecule has 0 radical (unpaired) electrons. The van der Waals surface area contributed by atoms with Gasteiger partial charge in [-0.1, -0.05) is 27.7 Å². The van der Waals surface area contributed by atoms with Gasteiger partial charge in [0.1, 0.15) is 0 Å². The molecule has 172 valence electrons. The van der Waals surface area contributed by atoms with Gasteiger partial charge in [-0.15, -0.1) is 0 Å². The van der Waals surface area contributed by atoms with Crippen LogP contribution in [0.4, 0.5) is 0 Å². The minimum absolute atomic E-state index is 0.0573. The number of ether oxygens (including phenoxy) is 4. The van der Waals surface area contributed by atoms with Gasteiger partial charge in [0.2, 0.25) is 0 Å². The van der Waals surface area contributed by atoms with E-state index in [-0.39, 0.29) is 18.1 Å². The van der Waals surface area contributed by atoms with Crippen molar-refractivity contribution in [3.63, 3.8) is 0 Å². The van der Waals surface area contributed by atoms with Crippen molar-refractivity contribution >= 4 is 0 Å². The van der Waals surface area contributed by atoms with Gasteiger partial charge in [-0.2, -0.15) is 0 Å². The summed E-state index contributed by atoms with van der Waals surface area (Å²) in [6.07, 6.45) is 1.81. The van der Waals surface area contributed by atoms with Gasteiger partial charge in [0, 0.05) is 18.1 Å². The third kappa shape index (κ3) is 20.5. The van der Waals surface area contributed by atoms with Gasteiger partial charge < -0.3 is 36.1 Å². The maximum absolute atomic E-state index is 5.76. The molecule has 0 aliphatic carbocycles. The highest BCUT2D eigenvalue weighted by Gasteiger charge is 2.21. The molecule has 6 N–H and O–H groups in total. The third-order valence-electron chi connectivity index (χ3n) is 3.80. The average Bonchev–Trinajstić information content (AvgIpc) is 2.61. The second-order valence-corrected chi connectivity index (χ2v) is 8.75. The summed E-state index contributed by atoms with van der Waals surface area (Å²) in [5.74, 6) is -0.588. The van der Waals surface area contributed by atoms with E-state index in [2.05, 4.69) is 13.8 Å². The minimum atomic E-state index is -0.598. The van der Waals surface area contributed by atoms with Crippen LogP contribution in [0, 0.1) is 5.92 Å². The molecule has 0 aromatic rings. The Balaban J connectivity index is 0. The number of nitrogens with two attached hydrogens (primary N) is 3. The molecule has 0 aromatic carbocycles. The summed E-state index contributed by atoms with van der Waals surface area (Å²) in [6, 6.07) is 0.211. The topological polar surface area (TPSA) is 115 Å². The van der Waals surface area contributed by atoms with Crippen molar-refractivity contribution in [1.82, 2.24) is 0 Å². The van der Waals surface area contributed by atoms with E-state index >= 15 is 0 Å². The lowest BCUT2D eigenvalue weighted by Crippen LogP contribution is -2.38. The molecule has 0 aromatic heterocycles. The summed E-state index contributed by atoms with van der Waals surface area (Å²) in [5.41, 5.74) is 17.1. The zero-order valence-electron chi connectivity index (χ0n) is 19.9. The monoisotopic (exact) mass is 407 g/mol. The van der Waals surface area contributed by atoms with Crippen LogP contribution in [0.15, 0.2) is 0 Å². The summed E-state index contributed by atoms with van der Waals surface area (Å²) >= 11 is 0. The SMILES string of the molecule is CC(C)COC(C)(C)OCC(C)N.CCC(N)COC(C)(C)OCC(N)CC. The summed E-state index contributed by atoms with van der Waals surface area (Å²) in [5, 5.41) is 0. The predicted octanol–water partition coefficient (Wildman–Crippen LogP) is 2.99. The first kappa shape index (κ1) is 29.9. The van der Waals surface area contributed by atoms with E-state index in [0.29, 0.717) is 32.3 Å². The van der Waals surface area contributed by atoms with Gasteiger partial charge in [-0.25, -0.2) is 0 Å². The van der Waals surface area contributed by atoms with Crippen LogP contribution < -0.4 is 17.2 Å². The van der Waals surface area contributed by atoms with Crippen molar-refractivity contribution in [3.8, 4) is 0 Å². The first-order chi connectivity index (χ1) is 12.7.